The molecule has 2 aromatic rings. The zero-order valence-corrected chi connectivity index (χ0v) is 12.3. The van der Waals surface area contributed by atoms with E-state index in [0.717, 1.165) is 5.56 Å². The van der Waals surface area contributed by atoms with Crippen LogP contribution in [0.4, 0.5) is 11.8 Å². The predicted octanol–water partition coefficient (Wildman–Crippen LogP) is 1.39. The average Bonchev–Trinajstić information content (AvgIpc) is 2.52. The van der Waals surface area contributed by atoms with E-state index in [1.54, 1.807) is 18.2 Å². The first-order valence-corrected chi connectivity index (χ1v) is 7.11. The molecule has 7 nitrogen and oxygen atoms in total. The van der Waals surface area contributed by atoms with Crippen molar-refractivity contribution in [3.8, 4) is 5.75 Å². The number of benzene rings is 1. The average molecular weight is 312 g/mol. The summed E-state index contributed by atoms with van der Waals surface area (Å²) in [5.74, 6) is 0.317. The van der Waals surface area contributed by atoms with Gasteiger partial charge in [0.25, 0.3) is 5.56 Å². The normalized spacial score (nSPS) is 16.3. The van der Waals surface area contributed by atoms with Gasteiger partial charge < -0.3 is 15.8 Å². The summed E-state index contributed by atoms with van der Waals surface area (Å²) in [6.45, 7) is 4.01. The summed E-state index contributed by atoms with van der Waals surface area (Å²) in [7, 11) is 0. The van der Waals surface area contributed by atoms with E-state index in [2.05, 4.69) is 21.9 Å². The highest BCUT2D eigenvalue weighted by Crippen LogP contribution is 2.34. The number of anilines is 2. The van der Waals surface area contributed by atoms with Gasteiger partial charge in [0.1, 0.15) is 18.2 Å². The lowest BCUT2D eigenvalue weighted by molar-refractivity contribution is -0.116. The molecule has 4 N–H and O–H groups in total. The van der Waals surface area contributed by atoms with E-state index in [4.69, 9.17) is 10.5 Å². The molecule has 2 heterocycles. The van der Waals surface area contributed by atoms with Crippen LogP contribution in [0.2, 0.25) is 0 Å². The molecule has 0 aliphatic carbocycles. The fourth-order valence-electron chi connectivity index (χ4n) is 2.62. The quantitative estimate of drug-likeness (QED) is 0.739. The van der Waals surface area contributed by atoms with Crippen LogP contribution in [0, 0.1) is 0 Å². The number of aromatic nitrogens is 2. The number of nitrogen functional groups attached to an aromatic ring is 1. The number of fused-ring (bicyclic) bond motifs is 1. The molecule has 1 aliphatic rings. The van der Waals surface area contributed by atoms with Crippen LogP contribution in [-0.4, -0.2) is 22.5 Å². The highest BCUT2D eigenvalue weighted by atomic mass is 16.5. The van der Waals surface area contributed by atoms with Gasteiger partial charge in [0.05, 0.1) is 5.56 Å². The summed E-state index contributed by atoms with van der Waals surface area (Å²) in [5, 5.41) is 2.59. The minimum absolute atomic E-state index is 0.0251. The molecule has 1 aromatic heterocycles. The number of carbonyl (C=O) groups is 1. The number of rotatable bonds is 4. The summed E-state index contributed by atoms with van der Waals surface area (Å²) in [4.78, 5) is 30.6. The molecule has 1 unspecified atom stereocenters. The SMILES string of the molecule is C=CCOc1ccc(C2CC(=O)Nc3nc(N)[nH]c(=O)c32)cc1. The van der Waals surface area contributed by atoms with Crippen molar-refractivity contribution in [3.63, 3.8) is 0 Å². The molecule has 0 bridgehead atoms. The van der Waals surface area contributed by atoms with Crippen LogP contribution in [-0.2, 0) is 4.79 Å². The van der Waals surface area contributed by atoms with Gasteiger partial charge in [0, 0.05) is 12.3 Å². The van der Waals surface area contributed by atoms with Crippen molar-refractivity contribution in [2.45, 2.75) is 12.3 Å². The van der Waals surface area contributed by atoms with Gasteiger partial charge in [-0.25, -0.2) is 0 Å². The summed E-state index contributed by atoms with van der Waals surface area (Å²) in [6, 6.07) is 7.26. The third kappa shape index (κ3) is 2.94. The van der Waals surface area contributed by atoms with Crippen LogP contribution in [0.5, 0.6) is 5.75 Å². The third-order valence-corrected chi connectivity index (χ3v) is 3.62. The minimum atomic E-state index is -0.371. The van der Waals surface area contributed by atoms with Gasteiger partial charge in [-0.05, 0) is 17.7 Å². The minimum Gasteiger partial charge on any atom is -0.490 e. The summed E-state index contributed by atoms with van der Waals surface area (Å²) in [5.41, 5.74) is 6.45. The molecule has 1 amide bonds. The molecule has 0 saturated carbocycles. The van der Waals surface area contributed by atoms with Crippen LogP contribution in [0.25, 0.3) is 0 Å². The largest absolute Gasteiger partial charge is 0.490 e. The number of H-pyrrole nitrogens is 1. The number of nitrogens with one attached hydrogen (secondary N) is 2. The fraction of sp³-hybridized carbons (Fsp3) is 0.188. The standard InChI is InChI=1S/C16H16N4O3/c1-2-7-23-10-5-3-9(4-6-10)11-8-12(21)18-14-13(11)15(22)20-16(17)19-14/h2-6,11H,1,7-8H2,(H4,17,18,19,20,21,22). The van der Waals surface area contributed by atoms with E-state index in [-0.39, 0.29) is 35.6 Å². The second kappa shape index (κ2) is 5.96. The van der Waals surface area contributed by atoms with Crippen molar-refractivity contribution in [1.82, 2.24) is 9.97 Å². The third-order valence-electron chi connectivity index (χ3n) is 3.62. The van der Waals surface area contributed by atoms with Crippen molar-refractivity contribution >= 4 is 17.7 Å². The van der Waals surface area contributed by atoms with Gasteiger partial charge >= 0.3 is 0 Å². The molecular weight excluding hydrogens is 296 g/mol. The lowest BCUT2D eigenvalue weighted by Gasteiger charge is -2.24. The molecule has 1 atom stereocenters. The Morgan fingerprint density at radius 3 is 2.78 bits per heavy atom. The maximum Gasteiger partial charge on any atom is 0.258 e. The summed E-state index contributed by atoms with van der Waals surface area (Å²) in [6.07, 6.45) is 1.83. The van der Waals surface area contributed by atoms with Crippen LogP contribution < -0.4 is 21.3 Å². The van der Waals surface area contributed by atoms with Gasteiger partial charge in [0.2, 0.25) is 11.9 Å². The number of ether oxygens (including phenoxy) is 1. The van der Waals surface area contributed by atoms with Crippen LogP contribution in [0.1, 0.15) is 23.5 Å². The molecule has 7 heteroatoms. The Kier molecular flexibility index (Phi) is 3.84. The highest BCUT2D eigenvalue weighted by molar-refractivity contribution is 5.94. The van der Waals surface area contributed by atoms with Gasteiger partial charge in [-0.3, -0.25) is 14.6 Å². The maximum atomic E-state index is 12.2. The molecule has 118 valence electrons. The Bertz CT molecular complexity index is 811. The predicted molar refractivity (Wildman–Crippen MR) is 86.5 cm³/mol. The van der Waals surface area contributed by atoms with Gasteiger partial charge in [-0.1, -0.05) is 24.8 Å². The zero-order valence-electron chi connectivity index (χ0n) is 12.3. The number of nitrogens with two attached hydrogens (primary N) is 1. The lowest BCUT2D eigenvalue weighted by atomic mass is 9.87. The Labute approximate surface area is 132 Å². The summed E-state index contributed by atoms with van der Waals surface area (Å²) < 4.78 is 5.43. The van der Waals surface area contributed by atoms with Crippen LogP contribution >= 0.6 is 0 Å². The highest BCUT2D eigenvalue weighted by Gasteiger charge is 2.30. The van der Waals surface area contributed by atoms with E-state index in [0.29, 0.717) is 17.9 Å². The van der Waals surface area contributed by atoms with E-state index < -0.39 is 0 Å². The van der Waals surface area contributed by atoms with Gasteiger partial charge in [0.15, 0.2) is 0 Å². The van der Waals surface area contributed by atoms with E-state index >= 15 is 0 Å². The smallest absolute Gasteiger partial charge is 0.258 e. The maximum absolute atomic E-state index is 12.2. The summed E-state index contributed by atoms with van der Waals surface area (Å²) >= 11 is 0. The van der Waals surface area contributed by atoms with E-state index in [1.807, 2.05) is 12.1 Å². The van der Waals surface area contributed by atoms with Crippen molar-refractivity contribution in [3.05, 3.63) is 58.4 Å². The molecule has 0 fully saturated rings. The molecule has 0 spiro atoms. The Hall–Kier alpha value is -3.09. The lowest BCUT2D eigenvalue weighted by Crippen LogP contribution is -2.31. The second-order valence-electron chi connectivity index (χ2n) is 5.19. The molecule has 0 radical (unpaired) electrons. The topological polar surface area (TPSA) is 110 Å². The Balaban J connectivity index is 1.99. The number of carbonyl (C=O) groups excluding carboxylic acids is 1. The number of nitrogens with zero attached hydrogens (tertiary/aromatic N) is 1. The zero-order chi connectivity index (χ0) is 16.4. The first-order chi connectivity index (χ1) is 11.1. The van der Waals surface area contributed by atoms with Gasteiger partial charge in [-0.15, -0.1) is 0 Å². The molecule has 1 aromatic carbocycles. The van der Waals surface area contributed by atoms with Crippen molar-refractivity contribution in [2.75, 3.05) is 17.7 Å². The number of hydrogen-bond donors (Lipinski definition) is 3. The Morgan fingerprint density at radius 2 is 2.09 bits per heavy atom. The first kappa shape index (κ1) is 14.8. The van der Waals surface area contributed by atoms with Gasteiger partial charge in [-0.2, -0.15) is 4.98 Å². The van der Waals surface area contributed by atoms with E-state index in [9.17, 15) is 9.59 Å². The number of aromatic amines is 1. The number of amides is 1. The molecule has 3 rings (SSSR count). The molecular formula is C16H16N4O3. The molecule has 23 heavy (non-hydrogen) atoms. The van der Waals surface area contributed by atoms with E-state index in [1.165, 1.54) is 0 Å². The monoisotopic (exact) mass is 312 g/mol. The fourth-order valence-corrected chi connectivity index (χ4v) is 2.62. The Morgan fingerprint density at radius 1 is 1.35 bits per heavy atom. The molecule has 1 aliphatic heterocycles. The second-order valence-corrected chi connectivity index (χ2v) is 5.19. The number of hydrogen-bond acceptors (Lipinski definition) is 5. The van der Waals surface area contributed by atoms with Crippen molar-refractivity contribution in [1.29, 1.82) is 0 Å². The molecule has 0 saturated heterocycles. The first-order valence-electron chi connectivity index (χ1n) is 7.11. The van der Waals surface area contributed by atoms with Crippen molar-refractivity contribution < 1.29 is 9.53 Å². The van der Waals surface area contributed by atoms with Crippen LogP contribution in [0.15, 0.2) is 41.7 Å². The van der Waals surface area contributed by atoms with Crippen LogP contribution in [0.3, 0.4) is 0 Å². The van der Waals surface area contributed by atoms with Crippen molar-refractivity contribution in [2.24, 2.45) is 0 Å².